The Morgan fingerprint density at radius 2 is 1.92 bits per heavy atom. The lowest BCUT2D eigenvalue weighted by Gasteiger charge is -2.07. The number of aryl methyl sites for hydroxylation is 2. The highest BCUT2D eigenvalue weighted by molar-refractivity contribution is 5.47. The van der Waals surface area contributed by atoms with E-state index in [1.54, 1.807) is 0 Å². The zero-order valence-electron chi connectivity index (χ0n) is 7.94. The van der Waals surface area contributed by atoms with Gasteiger partial charge in [-0.2, -0.15) is 0 Å². The predicted octanol–water partition coefficient (Wildman–Crippen LogP) is 1.89. The molecule has 0 spiro atoms. The average molecular weight is 164 g/mol. The fourth-order valence-corrected chi connectivity index (χ4v) is 1.04. The van der Waals surface area contributed by atoms with E-state index >= 15 is 0 Å². The fraction of sp³-hybridized carbons (Fsp3) is 0.400. The summed E-state index contributed by atoms with van der Waals surface area (Å²) in [5.74, 6) is 0. The Hall–Kier alpha value is -1.02. The molecule has 0 aliphatic carbocycles. The van der Waals surface area contributed by atoms with E-state index in [1.807, 2.05) is 7.05 Å². The zero-order chi connectivity index (χ0) is 8.97. The Labute approximate surface area is 74.0 Å². The van der Waals surface area contributed by atoms with Gasteiger partial charge in [0.05, 0.1) is 6.67 Å². The van der Waals surface area contributed by atoms with E-state index < -0.39 is 0 Å². The van der Waals surface area contributed by atoms with Crippen molar-refractivity contribution in [2.24, 2.45) is 0 Å². The van der Waals surface area contributed by atoms with Crippen molar-refractivity contribution in [1.82, 2.24) is 5.32 Å². The van der Waals surface area contributed by atoms with Crippen LogP contribution in [0, 0.1) is 13.8 Å². The van der Waals surface area contributed by atoms with Crippen LogP contribution in [0.2, 0.25) is 0 Å². The first-order valence-electron chi connectivity index (χ1n) is 4.20. The molecule has 0 aliphatic heterocycles. The first-order valence-corrected chi connectivity index (χ1v) is 4.20. The molecule has 0 fully saturated rings. The Morgan fingerprint density at radius 3 is 2.50 bits per heavy atom. The number of rotatable bonds is 3. The molecule has 2 N–H and O–H groups in total. The maximum absolute atomic E-state index is 3.25. The third-order valence-electron chi connectivity index (χ3n) is 1.98. The van der Waals surface area contributed by atoms with Gasteiger partial charge in [-0.15, -0.1) is 0 Å². The van der Waals surface area contributed by atoms with Gasteiger partial charge >= 0.3 is 0 Å². The van der Waals surface area contributed by atoms with E-state index in [0.717, 1.165) is 6.67 Å². The minimum absolute atomic E-state index is 0.808. The van der Waals surface area contributed by atoms with Crippen LogP contribution in [-0.2, 0) is 0 Å². The number of benzene rings is 1. The third kappa shape index (κ3) is 2.24. The lowest BCUT2D eigenvalue weighted by atomic mass is 10.1. The fourth-order valence-electron chi connectivity index (χ4n) is 1.04. The van der Waals surface area contributed by atoms with Gasteiger partial charge in [0.2, 0.25) is 0 Å². The topological polar surface area (TPSA) is 24.1 Å². The van der Waals surface area contributed by atoms with Crippen LogP contribution in [0.15, 0.2) is 18.2 Å². The molecule has 0 heterocycles. The molecule has 0 aliphatic rings. The molecular weight excluding hydrogens is 148 g/mol. The van der Waals surface area contributed by atoms with Gasteiger partial charge in [0.25, 0.3) is 0 Å². The number of anilines is 1. The molecule has 12 heavy (non-hydrogen) atoms. The van der Waals surface area contributed by atoms with Gasteiger partial charge in [0.15, 0.2) is 0 Å². The Bertz CT molecular complexity index is 256. The summed E-state index contributed by atoms with van der Waals surface area (Å²) in [6.07, 6.45) is 0. The van der Waals surface area contributed by atoms with Crippen LogP contribution in [-0.4, -0.2) is 13.7 Å². The van der Waals surface area contributed by atoms with E-state index in [-0.39, 0.29) is 0 Å². The molecule has 0 amide bonds. The lowest BCUT2D eigenvalue weighted by molar-refractivity contribution is 0.874. The molecule has 0 radical (unpaired) electrons. The first kappa shape index (κ1) is 9.07. The van der Waals surface area contributed by atoms with Crippen LogP contribution in [0.4, 0.5) is 5.69 Å². The van der Waals surface area contributed by atoms with Crippen LogP contribution >= 0.6 is 0 Å². The lowest BCUT2D eigenvalue weighted by Crippen LogP contribution is -2.16. The molecule has 1 aromatic rings. The van der Waals surface area contributed by atoms with E-state index in [0.29, 0.717) is 0 Å². The highest BCUT2D eigenvalue weighted by atomic mass is 15.0. The van der Waals surface area contributed by atoms with Crippen molar-refractivity contribution in [2.75, 3.05) is 19.0 Å². The third-order valence-corrected chi connectivity index (χ3v) is 1.98. The number of nitrogens with one attached hydrogen (secondary N) is 2. The zero-order valence-corrected chi connectivity index (χ0v) is 7.94. The highest BCUT2D eigenvalue weighted by Crippen LogP contribution is 2.13. The van der Waals surface area contributed by atoms with Gasteiger partial charge in [-0.25, -0.2) is 0 Å². The summed E-state index contributed by atoms with van der Waals surface area (Å²) in [4.78, 5) is 0. The van der Waals surface area contributed by atoms with Gasteiger partial charge < -0.3 is 10.6 Å². The predicted molar refractivity (Wildman–Crippen MR) is 53.5 cm³/mol. The number of hydrogen-bond donors (Lipinski definition) is 2. The molecule has 1 aromatic carbocycles. The first-order chi connectivity index (χ1) is 5.74. The standard InChI is InChI=1S/C10H16N2/c1-8-4-5-10(6-9(8)2)12-7-11-3/h4-6,11-12H,7H2,1-3H3. The van der Waals surface area contributed by atoms with Gasteiger partial charge in [-0.1, -0.05) is 6.07 Å². The van der Waals surface area contributed by atoms with E-state index in [1.165, 1.54) is 16.8 Å². The molecule has 2 heteroatoms. The molecular formula is C10H16N2. The van der Waals surface area contributed by atoms with Gasteiger partial charge in [0, 0.05) is 5.69 Å². The maximum atomic E-state index is 3.25. The van der Waals surface area contributed by atoms with Crippen LogP contribution in [0.1, 0.15) is 11.1 Å². The van der Waals surface area contributed by atoms with Crippen molar-refractivity contribution in [3.05, 3.63) is 29.3 Å². The monoisotopic (exact) mass is 164 g/mol. The van der Waals surface area contributed by atoms with Crippen molar-refractivity contribution in [1.29, 1.82) is 0 Å². The number of hydrogen-bond acceptors (Lipinski definition) is 2. The Kier molecular flexibility index (Phi) is 3.11. The molecule has 66 valence electrons. The van der Waals surface area contributed by atoms with Crippen LogP contribution < -0.4 is 10.6 Å². The van der Waals surface area contributed by atoms with Crippen molar-refractivity contribution in [3.8, 4) is 0 Å². The second kappa shape index (κ2) is 4.12. The van der Waals surface area contributed by atoms with Crippen molar-refractivity contribution < 1.29 is 0 Å². The largest absolute Gasteiger partial charge is 0.372 e. The summed E-state index contributed by atoms with van der Waals surface area (Å²) in [6.45, 7) is 5.06. The molecule has 2 nitrogen and oxygen atoms in total. The minimum atomic E-state index is 0.808. The normalized spacial score (nSPS) is 9.92. The van der Waals surface area contributed by atoms with Gasteiger partial charge in [-0.05, 0) is 44.2 Å². The highest BCUT2D eigenvalue weighted by Gasteiger charge is 1.93. The quantitative estimate of drug-likeness (QED) is 0.667. The Balaban J connectivity index is 2.69. The van der Waals surface area contributed by atoms with E-state index in [9.17, 15) is 0 Å². The summed E-state index contributed by atoms with van der Waals surface area (Å²) in [7, 11) is 1.92. The second-order valence-electron chi connectivity index (χ2n) is 3.01. The van der Waals surface area contributed by atoms with Crippen LogP contribution in [0.3, 0.4) is 0 Å². The second-order valence-corrected chi connectivity index (χ2v) is 3.01. The molecule has 0 bridgehead atoms. The summed E-state index contributed by atoms with van der Waals surface area (Å²) >= 11 is 0. The minimum Gasteiger partial charge on any atom is -0.372 e. The molecule has 1 rings (SSSR count). The molecule has 0 unspecified atom stereocenters. The molecule has 0 saturated carbocycles. The summed E-state index contributed by atoms with van der Waals surface area (Å²) in [6, 6.07) is 6.39. The molecule has 0 atom stereocenters. The summed E-state index contributed by atoms with van der Waals surface area (Å²) < 4.78 is 0. The van der Waals surface area contributed by atoms with E-state index in [4.69, 9.17) is 0 Å². The molecule has 0 saturated heterocycles. The van der Waals surface area contributed by atoms with Crippen molar-refractivity contribution in [2.45, 2.75) is 13.8 Å². The smallest absolute Gasteiger partial charge is 0.0650 e. The average Bonchev–Trinajstić information content (AvgIpc) is 2.07. The van der Waals surface area contributed by atoms with Crippen LogP contribution in [0.25, 0.3) is 0 Å². The van der Waals surface area contributed by atoms with Gasteiger partial charge in [0.1, 0.15) is 0 Å². The van der Waals surface area contributed by atoms with Gasteiger partial charge in [-0.3, -0.25) is 0 Å². The van der Waals surface area contributed by atoms with Crippen molar-refractivity contribution >= 4 is 5.69 Å². The van der Waals surface area contributed by atoms with E-state index in [2.05, 4.69) is 42.7 Å². The summed E-state index contributed by atoms with van der Waals surface area (Å²) in [5.41, 5.74) is 3.84. The van der Waals surface area contributed by atoms with Crippen molar-refractivity contribution in [3.63, 3.8) is 0 Å². The summed E-state index contributed by atoms with van der Waals surface area (Å²) in [5, 5.41) is 6.29. The molecule has 0 aromatic heterocycles. The maximum Gasteiger partial charge on any atom is 0.0650 e. The SMILES string of the molecule is CNCNc1ccc(C)c(C)c1. The Morgan fingerprint density at radius 1 is 1.17 bits per heavy atom. The van der Waals surface area contributed by atoms with Crippen LogP contribution in [0.5, 0.6) is 0 Å².